The first-order chi connectivity index (χ1) is 10.5. The molecule has 2 rings (SSSR count). The third-order valence-corrected chi connectivity index (χ3v) is 3.20. The van der Waals surface area contributed by atoms with E-state index in [9.17, 15) is 9.59 Å². The van der Waals surface area contributed by atoms with Crippen molar-refractivity contribution in [2.75, 3.05) is 6.79 Å². The molecule has 22 heavy (non-hydrogen) atoms. The Kier molecular flexibility index (Phi) is 5.08. The van der Waals surface area contributed by atoms with Crippen molar-refractivity contribution >= 4 is 12.0 Å². The first-order valence-electron chi connectivity index (χ1n) is 7.11. The summed E-state index contributed by atoms with van der Waals surface area (Å²) in [5, 5.41) is 14.2. The van der Waals surface area contributed by atoms with Gasteiger partial charge in [0.1, 0.15) is 6.04 Å². The molecule has 1 aliphatic heterocycles. The molecule has 0 spiro atoms. The van der Waals surface area contributed by atoms with Crippen LogP contribution in [0.2, 0.25) is 0 Å². The Hall–Kier alpha value is -2.44. The molecular formula is C15H20N2O5. The van der Waals surface area contributed by atoms with Crippen LogP contribution >= 0.6 is 0 Å². The van der Waals surface area contributed by atoms with Gasteiger partial charge in [-0.1, -0.05) is 19.9 Å². The van der Waals surface area contributed by atoms with Crippen molar-refractivity contribution in [3.05, 3.63) is 23.8 Å². The highest BCUT2D eigenvalue weighted by Crippen LogP contribution is 2.32. The van der Waals surface area contributed by atoms with Crippen molar-refractivity contribution in [3.8, 4) is 11.5 Å². The summed E-state index contributed by atoms with van der Waals surface area (Å²) >= 11 is 0. The number of urea groups is 1. The molecule has 0 bridgehead atoms. The molecule has 0 saturated heterocycles. The van der Waals surface area contributed by atoms with E-state index in [0.29, 0.717) is 17.9 Å². The van der Waals surface area contributed by atoms with E-state index in [4.69, 9.17) is 14.6 Å². The molecule has 7 heteroatoms. The van der Waals surface area contributed by atoms with E-state index >= 15 is 0 Å². The number of carbonyl (C=O) groups excluding carboxylic acids is 1. The van der Waals surface area contributed by atoms with E-state index in [1.165, 1.54) is 0 Å². The Balaban J connectivity index is 1.85. The number of carboxylic acid groups (broad SMARTS) is 1. The van der Waals surface area contributed by atoms with Crippen molar-refractivity contribution in [1.29, 1.82) is 0 Å². The molecule has 1 aromatic carbocycles. The second-order valence-electron chi connectivity index (χ2n) is 5.54. The van der Waals surface area contributed by atoms with Gasteiger partial charge in [0.2, 0.25) is 6.79 Å². The molecule has 1 aromatic rings. The maximum absolute atomic E-state index is 11.8. The first-order valence-corrected chi connectivity index (χ1v) is 7.11. The SMILES string of the molecule is CC(C)CC(NC(=O)NCc1ccc2c(c1)OCO2)C(=O)O. The summed E-state index contributed by atoms with van der Waals surface area (Å²) < 4.78 is 10.5. The third kappa shape index (κ3) is 4.28. The molecule has 0 saturated carbocycles. The van der Waals surface area contributed by atoms with Crippen LogP contribution in [0.1, 0.15) is 25.8 Å². The summed E-state index contributed by atoms with van der Waals surface area (Å²) in [5.41, 5.74) is 0.843. The Morgan fingerprint density at radius 3 is 2.68 bits per heavy atom. The second kappa shape index (κ2) is 7.02. The van der Waals surface area contributed by atoms with Gasteiger partial charge >= 0.3 is 12.0 Å². The molecular weight excluding hydrogens is 288 g/mol. The van der Waals surface area contributed by atoms with Gasteiger partial charge in [-0.05, 0) is 30.0 Å². The average molecular weight is 308 g/mol. The molecule has 0 aromatic heterocycles. The summed E-state index contributed by atoms with van der Waals surface area (Å²) in [7, 11) is 0. The molecule has 1 atom stereocenters. The Labute approximate surface area is 128 Å². The Bertz CT molecular complexity index is 559. The lowest BCUT2D eigenvalue weighted by Crippen LogP contribution is -2.46. The average Bonchev–Trinajstić information content (AvgIpc) is 2.91. The maximum Gasteiger partial charge on any atom is 0.326 e. The molecule has 3 N–H and O–H groups in total. The van der Waals surface area contributed by atoms with Gasteiger partial charge in [0.25, 0.3) is 0 Å². The minimum absolute atomic E-state index is 0.176. The number of amides is 2. The zero-order valence-corrected chi connectivity index (χ0v) is 12.6. The predicted octanol–water partition coefficient (Wildman–Crippen LogP) is 1.71. The van der Waals surface area contributed by atoms with E-state index in [0.717, 1.165) is 5.56 Å². The van der Waals surface area contributed by atoms with Crippen LogP contribution in [-0.2, 0) is 11.3 Å². The van der Waals surface area contributed by atoms with Crippen LogP contribution in [0, 0.1) is 5.92 Å². The summed E-state index contributed by atoms with van der Waals surface area (Å²) in [6.07, 6.45) is 0.382. The summed E-state index contributed by atoms with van der Waals surface area (Å²) in [6, 6.07) is 3.97. The lowest BCUT2D eigenvalue weighted by Gasteiger charge is -2.17. The van der Waals surface area contributed by atoms with Crippen molar-refractivity contribution < 1.29 is 24.2 Å². The van der Waals surface area contributed by atoms with Gasteiger partial charge in [-0.2, -0.15) is 0 Å². The largest absolute Gasteiger partial charge is 0.480 e. The monoisotopic (exact) mass is 308 g/mol. The number of fused-ring (bicyclic) bond motifs is 1. The van der Waals surface area contributed by atoms with Crippen molar-refractivity contribution in [2.24, 2.45) is 5.92 Å². The smallest absolute Gasteiger partial charge is 0.326 e. The van der Waals surface area contributed by atoms with Gasteiger partial charge < -0.3 is 25.2 Å². The zero-order valence-electron chi connectivity index (χ0n) is 12.6. The Morgan fingerprint density at radius 1 is 1.27 bits per heavy atom. The number of ether oxygens (including phenoxy) is 2. The van der Waals surface area contributed by atoms with Gasteiger partial charge in [0.05, 0.1) is 0 Å². The van der Waals surface area contributed by atoms with Crippen LogP contribution in [0.25, 0.3) is 0 Å². The number of carboxylic acids is 1. The highest BCUT2D eigenvalue weighted by molar-refractivity contribution is 5.82. The zero-order chi connectivity index (χ0) is 16.1. The van der Waals surface area contributed by atoms with Crippen molar-refractivity contribution in [2.45, 2.75) is 32.9 Å². The molecule has 0 aliphatic carbocycles. The minimum Gasteiger partial charge on any atom is -0.480 e. The minimum atomic E-state index is -1.04. The fourth-order valence-corrected chi connectivity index (χ4v) is 2.14. The molecule has 1 heterocycles. The van der Waals surface area contributed by atoms with Crippen LogP contribution in [0.3, 0.4) is 0 Å². The molecule has 120 valence electrons. The van der Waals surface area contributed by atoms with Gasteiger partial charge in [-0.15, -0.1) is 0 Å². The van der Waals surface area contributed by atoms with E-state index in [1.807, 2.05) is 19.9 Å². The number of hydrogen-bond donors (Lipinski definition) is 3. The first kappa shape index (κ1) is 15.9. The summed E-state index contributed by atoms with van der Waals surface area (Å²) in [4.78, 5) is 22.9. The van der Waals surface area contributed by atoms with Crippen LogP contribution in [0.5, 0.6) is 11.5 Å². The summed E-state index contributed by atoms with van der Waals surface area (Å²) in [5.74, 6) is 0.459. The van der Waals surface area contributed by atoms with Crippen LogP contribution in [0.4, 0.5) is 4.79 Å². The number of nitrogens with one attached hydrogen (secondary N) is 2. The third-order valence-electron chi connectivity index (χ3n) is 3.20. The fourth-order valence-electron chi connectivity index (χ4n) is 2.14. The number of aliphatic carboxylic acids is 1. The summed E-state index contributed by atoms with van der Waals surface area (Å²) in [6.45, 7) is 4.28. The number of benzene rings is 1. The van der Waals surface area contributed by atoms with Gasteiger partial charge in [-0.3, -0.25) is 0 Å². The maximum atomic E-state index is 11.8. The second-order valence-corrected chi connectivity index (χ2v) is 5.54. The van der Waals surface area contributed by atoms with Gasteiger partial charge in [-0.25, -0.2) is 9.59 Å². The van der Waals surface area contributed by atoms with Crippen LogP contribution in [0.15, 0.2) is 18.2 Å². The quantitative estimate of drug-likeness (QED) is 0.743. The van der Waals surface area contributed by atoms with Crippen LogP contribution in [-0.4, -0.2) is 29.9 Å². The number of carbonyl (C=O) groups is 2. The Morgan fingerprint density at radius 2 is 2.00 bits per heavy atom. The number of rotatable bonds is 6. The van der Waals surface area contributed by atoms with Crippen LogP contribution < -0.4 is 20.1 Å². The van der Waals surface area contributed by atoms with E-state index in [2.05, 4.69) is 10.6 Å². The molecule has 0 fully saturated rings. The molecule has 1 unspecified atom stereocenters. The number of hydrogen-bond acceptors (Lipinski definition) is 4. The van der Waals surface area contributed by atoms with Gasteiger partial charge in [0.15, 0.2) is 11.5 Å². The van der Waals surface area contributed by atoms with E-state index < -0.39 is 18.0 Å². The molecule has 0 radical (unpaired) electrons. The molecule has 2 amide bonds. The molecule has 1 aliphatic rings. The lowest BCUT2D eigenvalue weighted by atomic mass is 10.0. The predicted molar refractivity (Wildman–Crippen MR) is 78.8 cm³/mol. The normalized spacial score (nSPS) is 13.8. The lowest BCUT2D eigenvalue weighted by molar-refractivity contribution is -0.139. The highest BCUT2D eigenvalue weighted by atomic mass is 16.7. The van der Waals surface area contributed by atoms with Crippen molar-refractivity contribution in [1.82, 2.24) is 10.6 Å². The fraction of sp³-hybridized carbons (Fsp3) is 0.467. The highest BCUT2D eigenvalue weighted by Gasteiger charge is 2.21. The standard InChI is InChI=1S/C15H20N2O5/c1-9(2)5-11(14(18)19)17-15(20)16-7-10-3-4-12-13(6-10)22-8-21-12/h3-4,6,9,11H,5,7-8H2,1-2H3,(H,18,19)(H2,16,17,20). The van der Waals surface area contributed by atoms with Gasteiger partial charge in [0, 0.05) is 6.54 Å². The van der Waals surface area contributed by atoms with E-state index in [-0.39, 0.29) is 19.3 Å². The van der Waals surface area contributed by atoms with Crippen molar-refractivity contribution in [3.63, 3.8) is 0 Å². The topological polar surface area (TPSA) is 96.9 Å². The molecule has 7 nitrogen and oxygen atoms in total. The van der Waals surface area contributed by atoms with E-state index in [1.54, 1.807) is 12.1 Å².